The van der Waals surface area contributed by atoms with E-state index in [2.05, 4.69) is 22.5 Å². The topological polar surface area (TPSA) is 140 Å². The lowest BCUT2D eigenvalue weighted by Gasteiger charge is -2.19. The average molecular weight is 447 g/mol. The second-order valence-electron chi connectivity index (χ2n) is 7.28. The first-order valence-corrected chi connectivity index (χ1v) is 10.4. The van der Waals surface area contributed by atoms with Crippen LogP contribution in [-0.2, 0) is 9.59 Å². The summed E-state index contributed by atoms with van der Waals surface area (Å²) in [7, 11) is 0. The fraction of sp³-hybridized carbons (Fsp3) is 0.280. The molecule has 2 aromatic rings. The van der Waals surface area contributed by atoms with Gasteiger partial charge in [-0.05, 0) is 61.9 Å². The van der Waals surface area contributed by atoms with Gasteiger partial charge in [-0.3, -0.25) is 14.4 Å². The lowest BCUT2D eigenvalue weighted by atomic mass is 10.1. The third-order valence-corrected chi connectivity index (χ3v) is 4.63. The first-order valence-electron chi connectivity index (χ1n) is 10.4. The summed E-state index contributed by atoms with van der Waals surface area (Å²) in [5.41, 5.74) is 2.33. The van der Waals surface area contributed by atoms with Crippen molar-refractivity contribution in [1.29, 1.82) is 5.26 Å². The molecular formula is C25H25N3O5. The number of nitrogens with zero attached hydrogens (tertiary/aromatic N) is 1. The fourth-order valence-corrected chi connectivity index (χ4v) is 2.83. The third kappa shape index (κ3) is 8.23. The van der Waals surface area contributed by atoms with E-state index in [1.165, 1.54) is 6.92 Å². The van der Waals surface area contributed by atoms with E-state index >= 15 is 0 Å². The Balaban J connectivity index is 1.97. The average Bonchev–Trinajstić information content (AvgIpc) is 2.81. The van der Waals surface area contributed by atoms with Gasteiger partial charge < -0.3 is 20.8 Å². The number of Topliss-reactive ketones (excluding diaryl/α,β-unsaturated/α-hetero) is 1. The Morgan fingerprint density at radius 2 is 1.58 bits per heavy atom. The molecular weight excluding hydrogens is 422 g/mol. The SMILES string of the molecule is C[C@@H](O)[C@H](NC(=O)c1ccc(C#Cc2ccc(NC(=O)CCCC#N)cc2)cc1)C(=O)CO. The predicted octanol–water partition coefficient (Wildman–Crippen LogP) is 1.76. The van der Waals surface area contributed by atoms with Crippen molar-refractivity contribution in [2.45, 2.75) is 38.3 Å². The van der Waals surface area contributed by atoms with Crippen LogP contribution in [-0.4, -0.2) is 46.6 Å². The fourth-order valence-electron chi connectivity index (χ4n) is 2.83. The smallest absolute Gasteiger partial charge is 0.251 e. The van der Waals surface area contributed by atoms with Crippen LogP contribution in [0.4, 0.5) is 5.69 Å². The quantitative estimate of drug-likeness (QED) is 0.341. The van der Waals surface area contributed by atoms with Crippen LogP contribution in [0.15, 0.2) is 48.5 Å². The molecule has 33 heavy (non-hydrogen) atoms. The molecule has 4 N–H and O–H groups in total. The minimum absolute atomic E-state index is 0.145. The van der Waals surface area contributed by atoms with Crippen LogP contribution < -0.4 is 10.6 Å². The number of carbonyl (C=O) groups excluding carboxylic acids is 3. The molecule has 2 amide bonds. The summed E-state index contributed by atoms with van der Waals surface area (Å²) in [4.78, 5) is 35.7. The van der Waals surface area contributed by atoms with Crippen molar-refractivity contribution in [3.63, 3.8) is 0 Å². The molecule has 0 heterocycles. The summed E-state index contributed by atoms with van der Waals surface area (Å²) >= 11 is 0. The molecule has 0 aromatic heterocycles. The van der Waals surface area contributed by atoms with Gasteiger partial charge in [0, 0.05) is 35.2 Å². The number of aliphatic hydroxyl groups is 2. The van der Waals surface area contributed by atoms with Crippen LogP contribution in [0, 0.1) is 23.2 Å². The molecule has 2 atom stereocenters. The Morgan fingerprint density at radius 1 is 1.00 bits per heavy atom. The van der Waals surface area contributed by atoms with Crippen molar-refractivity contribution >= 4 is 23.3 Å². The molecule has 2 rings (SSSR count). The largest absolute Gasteiger partial charge is 0.391 e. The van der Waals surface area contributed by atoms with Crippen LogP contribution in [0.5, 0.6) is 0 Å². The minimum Gasteiger partial charge on any atom is -0.391 e. The van der Waals surface area contributed by atoms with Gasteiger partial charge in [0.15, 0.2) is 5.78 Å². The van der Waals surface area contributed by atoms with Gasteiger partial charge in [-0.25, -0.2) is 0 Å². The van der Waals surface area contributed by atoms with Gasteiger partial charge in [-0.15, -0.1) is 0 Å². The zero-order chi connectivity index (χ0) is 24.2. The molecule has 0 aliphatic carbocycles. The maximum absolute atomic E-state index is 12.3. The highest BCUT2D eigenvalue weighted by atomic mass is 16.3. The van der Waals surface area contributed by atoms with Crippen molar-refractivity contribution in [2.75, 3.05) is 11.9 Å². The molecule has 0 saturated carbocycles. The highest BCUT2D eigenvalue weighted by Crippen LogP contribution is 2.11. The van der Waals surface area contributed by atoms with Gasteiger partial charge in [0.1, 0.15) is 12.6 Å². The summed E-state index contributed by atoms with van der Waals surface area (Å²) in [6, 6.07) is 14.3. The molecule has 8 heteroatoms. The zero-order valence-electron chi connectivity index (χ0n) is 18.2. The summed E-state index contributed by atoms with van der Waals surface area (Å²) in [5.74, 6) is 4.61. The lowest BCUT2D eigenvalue weighted by Crippen LogP contribution is -2.48. The number of nitriles is 1. The van der Waals surface area contributed by atoms with Crippen molar-refractivity contribution < 1.29 is 24.6 Å². The van der Waals surface area contributed by atoms with Gasteiger partial charge in [-0.1, -0.05) is 11.8 Å². The molecule has 0 saturated heterocycles. The van der Waals surface area contributed by atoms with Gasteiger partial charge in [-0.2, -0.15) is 5.26 Å². The number of hydrogen-bond acceptors (Lipinski definition) is 6. The number of rotatable bonds is 9. The van der Waals surface area contributed by atoms with Crippen molar-refractivity contribution in [3.05, 3.63) is 65.2 Å². The Kier molecular flexibility index (Phi) is 9.79. The van der Waals surface area contributed by atoms with Crippen LogP contribution in [0.1, 0.15) is 47.7 Å². The third-order valence-electron chi connectivity index (χ3n) is 4.63. The minimum atomic E-state index is -1.19. The van der Waals surface area contributed by atoms with Crippen LogP contribution >= 0.6 is 0 Å². The van der Waals surface area contributed by atoms with Crippen molar-refractivity contribution in [1.82, 2.24) is 5.32 Å². The van der Waals surface area contributed by atoms with Gasteiger partial charge >= 0.3 is 0 Å². The second-order valence-corrected chi connectivity index (χ2v) is 7.28. The van der Waals surface area contributed by atoms with Crippen molar-refractivity contribution in [3.8, 4) is 17.9 Å². The number of nitrogens with one attached hydrogen (secondary N) is 2. The molecule has 0 fully saturated rings. The standard InChI is InChI=1S/C25H25N3O5/c1-17(30)24(22(31)16-29)28-25(33)20-11-7-18(8-12-20)5-6-19-9-13-21(14-10-19)27-23(32)4-2-3-15-26/h7-14,17,24,29-30H,2-4,16H2,1H3,(H,27,32)(H,28,33)/t17-,24+/m1/s1. The first kappa shape index (κ1) is 25.3. The summed E-state index contributed by atoms with van der Waals surface area (Å²) in [5, 5.41) is 32.3. The van der Waals surface area contributed by atoms with E-state index in [9.17, 15) is 19.5 Å². The van der Waals surface area contributed by atoms with Gasteiger partial charge in [0.05, 0.1) is 12.2 Å². The number of aliphatic hydroxyl groups excluding tert-OH is 2. The Hall–Kier alpha value is -3.98. The van der Waals surface area contributed by atoms with E-state index in [1.807, 2.05) is 6.07 Å². The van der Waals surface area contributed by atoms with Crippen LogP contribution in [0.3, 0.4) is 0 Å². The Morgan fingerprint density at radius 3 is 2.09 bits per heavy atom. The zero-order valence-corrected chi connectivity index (χ0v) is 18.2. The molecule has 0 aliphatic rings. The van der Waals surface area contributed by atoms with Gasteiger partial charge in [0.25, 0.3) is 5.91 Å². The number of anilines is 1. The Labute approximate surface area is 192 Å². The number of benzene rings is 2. The summed E-state index contributed by atoms with van der Waals surface area (Å²) < 4.78 is 0. The van der Waals surface area contributed by atoms with E-state index in [4.69, 9.17) is 10.4 Å². The number of ketones is 1. The highest BCUT2D eigenvalue weighted by molar-refractivity contribution is 5.98. The van der Waals surface area contributed by atoms with E-state index in [-0.39, 0.29) is 11.5 Å². The molecule has 8 nitrogen and oxygen atoms in total. The van der Waals surface area contributed by atoms with Crippen LogP contribution in [0.25, 0.3) is 0 Å². The number of carbonyl (C=O) groups is 3. The maximum Gasteiger partial charge on any atom is 0.251 e. The monoisotopic (exact) mass is 447 g/mol. The molecule has 2 aromatic carbocycles. The number of unbranched alkanes of at least 4 members (excludes halogenated alkanes) is 1. The van der Waals surface area contributed by atoms with E-state index in [0.29, 0.717) is 30.5 Å². The first-order chi connectivity index (χ1) is 15.8. The Bertz CT molecular complexity index is 1070. The van der Waals surface area contributed by atoms with Gasteiger partial charge in [0.2, 0.25) is 5.91 Å². The summed E-state index contributed by atoms with van der Waals surface area (Å²) in [6.45, 7) is 0.578. The maximum atomic E-state index is 12.3. The molecule has 170 valence electrons. The lowest BCUT2D eigenvalue weighted by molar-refractivity contribution is -0.126. The summed E-state index contributed by atoms with van der Waals surface area (Å²) in [6.07, 6.45) is 0.0239. The van der Waals surface area contributed by atoms with E-state index in [0.717, 1.165) is 5.56 Å². The molecule has 0 spiro atoms. The highest BCUT2D eigenvalue weighted by Gasteiger charge is 2.25. The van der Waals surface area contributed by atoms with E-state index in [1.54, 1.807) is 48.5 Å². The number of amides is 2. The molecule has 0 radical (unpaired) electrons. The van der Waals surface area contributed by atoms with Crippen LogP contribution in [0.2, 0.25) is 0 Å². The van der Waals surface area contributed by atoms with E-state index < -0.39 is 30.4 Å². The normalized spacial score (nSPS) is 11.8. The molecule has 0 unspecified atom stereocenters. The van der Waals surface area contributed by atoms with Crippen molar-refractivity contribution in [2.24, 2.45) is 0 Å². The number of hydrogen-bond donors (Lipinski definition) is 4. The second kappa shape index (κ2) is 12.8. The molecule has 0 aliphatic heterocycles. The predicted molar refractivity (Wildman–Crippen MR) is 122 cm³/mol. The molecule has 0 bridgehead atoms.